The molecule has 1 aromatic carbocycles. The summed E-state index contributed by atoms with van der Waals surface area (Å²) in [7, 11) is -2.89. The molecule has 0 amide bonds. The largest absolute Gasteiger partial charge is 0.321 e. The maximum absolute atomic E-state index is 11.7. The predicted molar refractivity (Wildman–Crippen MR) is 94.7 cm³/mol. The van der Waals surface area contributed by atoms with Gasteiger partial charge >= 0.3 is 0 Å². The molecule has 1 saturated heterocycles. The molecule has 0 aromatic heterocycles. The van der Waals surface area contributed by atoms with Crippen molar-refractivity contribution in [3.8, 4) is 0 Å². The first-order valence-electron chi connectivity index (χ1n) is 7.77. The van der Waals surface area contributed by atoms with E-state index in [1.54, 1.807) is 11.8 Å². The number of rotatable bonds is 4. The van der Waals surface area contributed by atoms with Gasteiger partial charge in [0.1, 0.15) is 0 Å². The van der Waals surface area contributed by atoms with Gasteiger partial charge < -0.3 is 4.90 Å². The number of thioether (sulfide) groups is 1. The Labute approximate surface area is 136 Å². The highest BCUT2D eigenvalue weighted by molar-refractivity contribution is 8.15. The minimum absolute atomic E-state index is 0.0565. The van der Waals surface area contributed by atoms with E-state index < -0.39 is 9.84 Å². The number of hydrogen-bond donors (Lipinski definition) is 0. The lowest BCUT2D eigenvalue weighted by molar-refractivity contribution is 0.601. The summed E-state index contributed by atoms with van der Waals surface area (Å²) in [6, 6.07) is 8.38. The van der Waals surface area contributed by atoms with Gasteiger partial charge in [-0.2, -0.15) is 0 Å². The third-order valence-corrected chi connectivity index (χ3v) is 7.33. The van der Waals surface area contributed by atoms with Gasteiger partial charge in [-0.05, 0) is 31.0 Å². The number of unbranched alkanes of at least 4 members (excludes halogenated alkanes) is 1. The highest BCUT2D eigenvalue weighted by Crippen LogP contribution is 2.37. The third-order valence-electron chi connectivity index (χ3n) is 4.08. The van der Waals surface area contributed by atoms with Crippen LogP contribution >= 0.6 is 11.8 Å². The lowest BCUT2D eigenvalue weighted by atomic mass is 10.2. The highest BCUT2D eigenvalue weighted by Gasteiger charge is 2.43. The summed E-state index contributed by atoms with van der Waals surface area (Å²) < 4.78 is 23.4. The van der Waals surface area contributed by atoms with Crippen molar-refractivity contribution in [2.45, 2.75) is 38.0 Å². The van der Waals surface area contributed by atoms with Gasteiger partial charge in [-0.25, -0.2) is 8.42 Å². The molecule has 0 aliphatic carbocycles. The molecule has 2 atom stereocenters. The lowest BCUT2D eigenvalue weighted by Crippen LogP contribution is -2.29. The van der Waals surface area contributed by atoms with Crippen molar-refractivity contribution < 1.29 is 8.42 Å². The van der Waals surface area contributed by atoms with Gasteiger partial charge in [0.25, 0.3) is 0 Å². The van der Waals surface area contributed by atoms with Gasteiger partial charge in [0, 0.05) is 17.5 Å². The van der Waals surface area contributed by atoms with Crippen LogP contribution in [0.25, 0.3) is 0 Å². The number of aliphatic imine (C=N–C) groups is 1. The fourth-order valence-corrected chi connectivity index (χ4v) is 6.73. The molecule has 0 spiro atoms. The number of aryl methyl sites for hydroxylation is 1. The first-order valence-corrected chi connectivity index (χ1v) is 10.5. The highest BCUT2D eigenvalue weighted by atomic mass is 32.2. The number of sulfone groups is 1. The lowest BCUT2D eigenvalue weighted by Gasteiger charge is -2.24. The van der Waals surface area contributed by atoms with E-state index in [9.17, 15) is 8.42 Å². The first kappa shape index (κ1) is 15.9. The Hall–Kier alpha value is -1.01. The van der Waals surface area contributed by atoms with E-state index >= 15 is 0 Å². The van der Waals surface area contributed by atoms with Crippen LogP contribution in [-0.4, -0.2) is 42.9 Å². The molecule has 6 heteroatoms. The van der Waals surface area contributed by atoms with Crippen LogP contribution in [0, 0.1) is 6.92 Å². The maximum Gasteiger partial charge on any atom is 0.164 e. The quantitative estimate of drug-likeness (QED) is 0.847. The molecule has 120 valence electrons. The van der Waals surface area contributed by atoms with E-state index in [0.717, 1.165) is 30.2 Å². The second kappa shape index (κ2) is 6.24. The van der Waals surface area contributed by atoms with Crippen molar-refractivity contribution in [1.29, 1.82) is 0 Å². The number of benzene rings is 1. The van der Waals surface area contributed by atoms with E-state index in [-0.39, 0.29) is 22.8 Å². The van der Waals surface area contributed by atoms with Crippen molar-refractivity contribution in [3.63, 3.8) is 0 Å². The Kier molecular flexibility index (Phi) is 4.50. The molecule has 2 aliphatic rings. The van der Waals surface area contributed by atoms with Crippen molar-refractivity contribution in [2.75, 3.05) is 23.0 Å². The topological polar surface area (TPSA) is 49.7 Å². The normalized spacial score (nSPS) is 25.8. The Morgan fingerprint density at radius 3 is 2.86 bits per heavy atom. The van der Waals surface area contributed by atoms with Crippen molar-refractivity contribution in [2.24, 2.45) is 4.99 Å². The Morgan fingerprint density at radius 1 is 1.36 bits per heavy atom. The predicted octanol–water partition coefficient (Wildman–Crippen LogP) is 2.87. The van der Waals surface area contributed by atoms with E-state index in [2.05, 4.69) is 43.0 Å². The minimum atomic E-state index is -2.89. The fourth-order valence-electron chi connectivity index (χ4n) is 2.92. The third kappa shape index (κ3) is 3.33. The molecule has 4 nitrogen and oxygen atoms in total. The average Bonchev–Trinajstić information content (AvgIpc) is 2.92. The summed E-state index contributed by atoms with van der Waals surface area (Å²) in [5, 5.41) is 1.10. The first-order chi connectivity index (χ1) is 10.5. The summed E-state index contributed by atoms with van der Waals surface area (Å²) in [5.74, 6) is 0.481. The summed E-state index contributed by atoms with van der Waals surface area (Å²) >= 11 is 1.64. The second-order valence-corrected chi connectivity index (χ2v) is 9.42. The Balaban J connectivity index is 1.85. The van der Waals surface area contributed by atoms with Crippen LogP contribution in [0.1, 0.15) is 25.3 Å². The van der Waals surface area contributed by atoms with Crippen LogP contribution in [0.15, 0.2) is 29.3 Å². The smallest absolute Gasteiger partial charge is 0.164 e. The van der Waals surface area contributed by atoms with Gasteiger partial charge in [-0.15, -0.1) is 0 Å². The molecule has 1 fully saturated rings. The zero-order valence-electron chi connectivity index (χ0n) is 13.0. The Morgan fingerprint density at radius 2 is 2.18 bits per heavy atom. The second-order valence-electron chi connectivity index (χ2n) is 6.06. The van der Waals surface area contributed by atoms with Crippen LogP contribution in [0.2, 0.25) is 0 Å². The molecule has 0 radical (unpaired) electrons. The number of amidine groups is 1. The zero-order valence-corrected chi connectivity index (χ0v) is 14.7. The number of hydrogen-bond acceptors (Lipinski definition) is 5. The number of fused-ring (bicyclic) bond motifs is 1. The van der Waals surface area contributed by atoms with Gasteiger partial charge in [0.15, 0.2) is 15.0 Å². The standard InChI is InChI=1S/C16H22N2O2S2/c1-3-4-8-18(13-7-5-6-12(2)9-13)16-17-14-10-22(19,20)11-15(14)21-16/h5-7,9,14-15H,3-4,8,10-11H2,1-2H3/t14-,15-/m0/s1. The molecule has 22 heavy (non-hydrogen) atoms. The summed E-state index contributed by atoms with van der Waals surface area (Å²) in [4.78, 5) is 6.99. The van der Waals surface area contributed by atoms with Gasteiger partial charge in [0.05, 0.1) is 17.5 Å². The van der Waals surface area contributed by atoms with Crippen LogP contribution in [0.5, 0.6) is 0 Å². The molecule has 2 aliphatic heterocycles. The van der Waals surface area contributed by atoms with Crippen LogP contribution in [0.3, 0.4) is 0 Å². The molecule has 2 heterocycles. The fraction of sp³-hybridized carbons (Fsp3) is 0.562. The van der Waals surface area contributed by atoms with Crippen LogP contribution in [0.4, 0.5) is 5.69 Å². The van der Waals surface area contributed by atoms with E-state index in [1.165, 1.54) is 5.56 Å². The van der Waals surface area contributed by atoms with Gasteiger partial charge in [-0.3, -0.25) is 4.99 Å². The molecular weight excluding hydrogens is 316 g/mol. The Bertz CT molecular complexity index is 685. The molecule has 0 N–H and O–H groups in total. The van der Waals surface area contributed by atoms with Crippen molar-refractivity contribution in [1.82, 2.24) is 0 Å². The number of anilines is 1. The zero-order chi connectivity index (χ0) is 15.7. The number of nitrogens with zero attached hydrogens (tertiary/aromatic N) is 2. The van der Waals surface area contributed by atoms with E-state index in [4.69, 9.17) is 4.99 Å². The van der Waals surface area contributed by atoms with Gasteiger partial charge in [-0.1, -0.05) is 37.2 Å². The monoisotopic (exact) mass is 338 g/mol. The van der Waals surface area contributed by atoms with Crippen molar-refractivity contribution >= 4 is 32.5 Å². The summed E-state index contributed by atoms with van der Waals surface area (Å²) in [6.07, 6.45) is 2.22. The molecule has 0 unspecified atom stereocenters. The average molecular weight is 338 g/mol. The SMILES string of the molecule is CCCCN(C1=N[C@H]2CS(=O)(=O)C[C@@H]2S1)c1cccc(C)c1. The van der Waals surface area contributed by atoms with Crippen LogP contribution < -0.4 is 4.90 Å². The molecule has 3 rings (SSSR count). The molecular formula is C16H22N2O2S2. The summed E-state index contributed by atoms with van der Waals surface area (Å²) in [5.41, 5.74) is 2.38. The van der Waals surface area contributed by atoms with Crippen LogP contribution in [-0.2, 0) is 9.84 Å². The maximum atomic E-state index is 11.7. The minimum Gasteiger partial charge on any atom is -0.321 e. The molecule has 0 bridgehead atoms. The summed E-state index contributed by atoms with van der Waals surface area (Å²) in [6.45, 7) is 5.20. The van der Waals surface area contributed by atoms with E-state index in [1.807, 2.05) is 0 Å². The van der Waals surface area contributed by atoms with Gasteiger partial charge in [0.2, 0.25) is 0 Å². The van der Waals surface area contributed by atoms with E-state index in [0.29, 0.717) is 0 Å². The molecule has 0 saturated carbocycles. The molecule has 1 aromatic rings. The van der Waals surface area contributed by atoms with Crippen molar-refractivity contribution in [3.05, 3.63) is 29.8 Å².